The molecule has 2 N–H and O–H groups in total. The van der Waals surface area contributed by atoms with Crippen molar-refractivity contribution in [2.75, 3.05) is 0 Å². The maximum atomic E-state index is 12.2. The summed E-state index contributed by atoms with van der Waals surface area (Å²) in [5.74, 6) is 3.90. The molecule has 2 saturated carbocycles. The molecule has 0 aromatic carbocycles. The second-order valence-electron chi connectivity index (χ2n) is 8.92. The van der Waals surface area contributed by atoms with Crippen LogP contribution in [0.3, 0.4) is 0 Å². The Kier molecular flexibility index (Phi) is 3.95. The Morgan fingerprint density at radius 3 is 2.81 bits per heavy atom. The highest BCUT2D eigenvalue weighted by Gasteiger charge is 2.62. The van der Waals surface area contributed by atoms with Crippen LogP contribution in [0.15, 0.2) is 35.6 Å². The van der Waals surface area contributed by atoms with Crippen molar-refractivity contribution in [3.63, 3.8) is 0 Å². The molecule has 4 aliphatic carbocycles. The van der Waals surface area contributed by atoms with Crippen LogP contribution in [-0.2, 0) is 4.79 Å². The van der Waals surface area contributed by atoms with Gasteiger partial charge in [0, 0.05) is 16.4 Å². The molecule has 0 amide bonds. The van der Waals surface area contributed by atoms with E-state index in [0.717, 1.165) is 31.9 Å². The highest BCUT2D eigenvalue weighted by atomic mass is 35.5. The Bertz CT molecular complexity index is 813. The highest BCUT2D eigenvalue weighted by Crippen LogP contribution is 2.65. The van der Waals surface area contributed by atoms with Crippen molar-refractivity contribution in [1.82, 2.24) is 0 Å². The van der Waals surface area contributed by atoms with E-state index in [2.05, 4.69) is 31.2 Å². The van der Waals surface area contributed by atoms with E-state index in [1.54, 1.807) is 6.08 Å². The topological polar surface area (TPSA) is 57.5 Å². The summed E-state index contributed by atoms with van der Waals surface area (Å²) in [6.45, 7) is 4.38. The molecule has 0 aromatic heterocycles. The Labute approximate surface area is 159 Å². The Morgan fingerprint density at radius 2 is 2.12 bits per heavy atom. The molecule has 0 saturated heterocycles. The lowest BCUT2D eigenvalue weighted by Crippen LogP contribution is -2.55. The first-order valence-corrected chi connectivity index (χ1v) is 9.80. The minimum absolute atomic E-state index is 0.0494. The van der Waals surface area contributed by atoms with Gasteiger partial charge in [-0.3, -0.25) is 4.79 Å². The van der Waals surface area contributed by atoms with Gasteiger partial charge in [-0.25, -0.2) is 0 Å². The van der Waals surface area contributed by atoms with Crippen LogP contribution in [0.1, 0.15) is 46.0 Å². The van der Waals surface area contributed by atoms with E-state index in [0.29, 0.717) is 23.8 Å². The zero-order valence-corrected chi connectivity index (χ0v) is 16.0. The second kappa shape index (κ2) is 5.75. The van der Waals surface area contributed by atoms with Crippen molar-refractivity contribution in [2.45, 2.75) is 51.6 Å². The van der Waals surface area contributed by atoms with Gasteiger partial charge in [0.15, 0.2) is 11.4 Å². The predicted octanol–water partition coefficient (Wildman–Crippen LogP) is 4.28. The number of carbonyl (C=O) groups is 1. The number of ketones is 1. The number of hydrogen-bond donors (Lipinski definition) is 2. The van der Waals surface area contributed by atoms with Gasteiger partial charge in [0.1, 0.15) is 0 Å². The molecule has 4 heteroatoms. The number of rotatable bonds is 0. The van der Waals surface area contributed by atoms with Crippen LogP contribution in [0.2, 0.25) is 0 Å². The van der Waals surface area contributed by atoms with Crippen molar-refractivity contribution in [1.29, 1.82) is 0 Å². The van der Waals surface area contributed by atoms with E-state index in [4.69, 9.17) is 11.6 Å². The number of carbonyl (C=O) groups excluding carboxylic acids is 1. The smallest absolute Gasteiger partial charge is 0.184 e. The van der Waals surface area contributed by atoms with E-state index >= 15 is 0 Å². The number of aliphatic hydroxyl groups is 2. The third-order valence-electron chi connectivity index (χ3n) is 7.98. The van der Waals surface area contributed by atoms with Crippen LogP contribution in [-0.4, -0.2) is 21.6 Å². The van der Waals surface area contributed by atoms with Gasteiger partial charge in [0.2, 0.25) is 0 Å². The van der Waals surface area contributed by atoms with Crippen molar-refractivity contribution in [3.05, 3.63) is 35.6 Å². The molecule has 6 atom stereocenters. The van der Waals surface area contributed by atoms with Gasteiger partial charge in [-0.15, -0.1) is 0 Å². The third-order valence-corrected chi connectivity index (χ3v) is 8.07. The maximum Gasteiger partial charge on any atom is 0.184 e. The van der Waals surface area contributed by atoms with Gasteiger partial charge in [-0.2, -0.15) is 0 Å². The monoisotopic (exact) mass is 372 g/mol. The molecule has 2 fully saturated rings. The van der Waals surface area contributed by atoms with Crippen molar-refractivity contribution < 1.29 is 15.0 Å². The first kappa shape index (κ1) is 17.9. The molecule has 0 unspecified atom stereocenters. The maximum absolute atomic E-state index is 12.2. The normalized spacial score (nSPS) is 48.2. The molecular formula is C22H25ClO3. The number of halogens is 1. The number of fused-ring (bicyclic) bond motifs is 5. The molecule has 0 bridgehead atoms. The number of aliphatic hydroxyl groups excluding tert-OH is 1. The van der Waals surface area contributed by atoms with Crippen LogP contribution in [0.5, 0.6) is 0 Å². The molecule has 0 aromatic rings. The van der Waals surface area contributed by atoms with Gasteiger partial charge >= 0.3 is 0 Å². The molecule has 0 radical (unpaired) electrons. The molecule has 4 aliphatic rings. The molecule has 0 aliphatic heterocycles. The van der Waals surface area contributed by atoms with Crippen LogP contribution in [0.4, 0.5) is 0 Å². The van der Waals surface area contributed by atoms with E-state index in [1.807, 2.05) is 6.08 Å². The van der Waals surface area contributed by atoms with Gasteiger partial charge in [-0.1, -0.05) is 25.5 Å². The Hall–Kier alpha value is -1.50. The summed E-state index contributed by atoms with van der Waals surface area (Å²) >= 11 is 5.64. The second-order valence-corrected chi connectivity index (χ2v) is 9.11. The summed E-state index contributed by atoms with van der Waals surface area (Å²) in [6.07, 6.45) is 11.1. The van der Waals surface area contributed by atoms with E-state index in [-0.39, 0.29) is 22.5 Å². The quantitative estimate of drug-likeness (QED) is 0.289. The first-order valence-electron chi connectivity index (χ1n) is 9.42. The summed E-state index contributed by atoms with van der Waals surface area (Å²) in [6, 6.07) is 0. The van der Waals surface area contributed by atoms with E-state index < -0.39 is 5.60 Å². The largest absolute Gasteiger partial charge is 0.515 e. The molecular weight excluding hydrogens is 348 g/mol. The van der Waals surface area contributed by atoms with Gasteiger partial charge < -0.3 is 10.2 Å². The van der Waals surface area contributed by atoms with Crippen molar-refractivity contribution in [2.24, 2.45) is 28.6 Å². The lowest BCUT2D eigenvalue weighted by atomic mass is 9.46. The average Bonchev–Trinajstić information content (AvgIpc) is 2.87. The molecule has 3 nitrogen and oxygen atoms in total. The highest BCUT2D eigenvalue weighted by molar-refractivity contribution is 6.30. The lowest BCUT2D eigenvalue weighted by Gasteiger charge is -2.58. The summed E-state index contributed by atoms with van der Waals surface area (Å²) in [5.41, 5.74) is 0.153. The Morgan fingerprint density at radius 1 is 1.35 bits per heavy atom. The van der Waals surface area contributed by atoms with Crippen LogP contribution >= 0.6 is 11.6 Å². The fourth-order valence-corrected chi connectivity index (χ4v) is 6.53. The zero-order valence-electron chi connectivity index (χ0n) is 15.3. The van der Waals surface area contributed by atoms with Crippen LogP contribution in [0.25, 0.3) is 0 Å². The molecule has 138 valence electrons. The van der Waals surface area contributed by atoms with Gasteiger partial charge in [0.05, 0.1) is 6.26 Å². The Balaban J connectivity index is 1.72. The molecule has 4 rings (SSSR count). The van der Waals surface area contributed by atoms with Gasteiger partial charge in [0.25, 0.3) is 0 Å². The average molecular weight is 373 g/mol. The molecule has 26 heavy (non-hydrogen) atoms. The summed E-state index contributed by atoms with van der Waals surface area (Å²) in [7, 11) is 0. The minimum atomic E-state index is -1.17. The fourth-order valence-electron chi connectivity index (χ4n) is 6.39. The lowest BCUT2D eigenvalue weighted by molar-refractivity contribution is -0.114. The molecule has 0 heterocycles. The van der Waals surface area contributed by atoms with E-state index in [9.17, 15) is 15.0 Å². The zero-order chi connectivity index (χ0) is 18.7. The predicted molar refractivity (Wildman–Crippen MR) is 101 cm³/mol. The number of hydrogen-bond acceptors (Lipinski definition) is 3. The van der Waals surface area contributed by atoms with Crippen LogP contribution < -0.4 is 0 Å². The summed E-state index contributed by atoms with van der Waals surface area (Å²) < 4.78 is 0. The fraction of sp³-hybridized carbons (Fsp3) is 0.591. The molecule has 0 spiro atoms. The van der Waals surface area contributed by atoms with Crippen LogP contribution in [0, 0.1) is 39.9 Å². The SMILES string of the molecule is C[C@]12C/C(=C/O)C(=O)C=C1CC[C@@H]1[C@@H]2CC[C@@]2(C)[C@H]1C=C[C@@]2(O)C#CCl. The summed E-state index contributed by atoms with van der Waals surface area (Å²) in [5, 5.41) is 23.0. The van der Waals surface area contributed by atoms with Gasteiger partial charge in [-0.05, 0) is 84.9 Å². The van der Waals surface area contributed by atoms with Crippen molar-refractivity contribution >= 4 is 17.4 Å². The minimum Gasteiger partial charge on any atom is -0.515 e. The van der Waals surface area contributed by atoms with Crippen molar-refractivity contribution in [3.8, 4) is 11.3 Å². The first-order chi connectivity index (χ1) is 12.3. The number of allylic oxidation sites excluding steroid dienone is 4. The summed E-state index contributed by atoms with van der Waals surface area (Å²) in [4.78, 5) is 12.2. The standard InChI is InChI=1S/C22H25ClO3/c1-20-12-14(13-24)19(25)11-15(20)3-4-16-17(20)5-7-21(2)18(16)6-8-22(21,26)9-10-23/h6,8,11,13,16-18,24,26H,3-5,7,12H2,1-2H3/b14-13-/t16-,17+,18+,20+,21+,22-/m1/s1. The van der Waals surface area contributed by atoms with E-state index in [1.165, 1.54) is 5.57 Å². The third kappa shape index (κ3) is 2.15.